The molecule has 0 aromatic carbocycles. The summed E-state index contributed by atoms with van der Waals surface area (Å²) in [5.74, 6) is 2.07. The zero-order valence-corrected chi connectivity index (χ0v) is 7.39. The molecule has 0 radical (unpaired) electrons. The van der Waals surface area contributed by atoms with Crippen LogP contribution in [0.3, 0.4) is 0 Å². The SMILES string of the molecule is NC1C=CC=C2C3CC(C4OC34)C21. The van der Waals surface area contributed by atoms with Gasteiger partial charge < -0.3 is 10.5 Å². The molecule has 2 saturated carbocycles. The summed E-state index contributed by atoms with van der Waals surface area (Å²) in [5.41, 5.74) is 7.69. The Morgan fingerprint density at radius 1 is 1.38 bits per heavy atom. The van der Waals surface area contributed by atoms with Crippen LogP contribution in [0.2, 0.25) is 0 Å². The number of allylic oxidation sites excluding steroid dienone is 2. The molecule has 4 aliphatic rings. The van der Waals surface area contributed by atoms with Gasteiger partial charge in [-0.3, -0.25) is 0 Å². The summed E-state index contributed by atoms with van der Waals surface area (Å²) in [4.78, 5) is 0. The van der Waals surface area contributed by atoms with Gasteiger partial charge in [-0.05, 0) is 12.3 Å². The topological polar surface area (TPSA) is 38.5 Å². The molecule has 0 amide bonds. The Morgan fingerprint density at radius 2 is 2.31 bits per heavy atom. The zero-order chi connectivity index (χ0) is 8.58. The molecule has 6 atom stereocenters. The van der Waals surface area contributed by atoms with Crippen LogP contribution in [0.25, 0.3) is 0 Å². The quantitative estimate of drug-likeness (QED) is 0.554. The van der Waals surface area contributed by atoms with E-state index in [1.54, 1.807) is 5.57 Å². The van der Waals surface area contributed by atoms with Crippen molar-refractivity contribution in [2.45, 2.75) is 24.7 Å². The van der Waals surface area contributed by atoms with E-state index in [4.69, 9.17) is 10.5 Å². The lowest BCUT2D eigenvalue weighted by Crippen LogP contribution is -2.37. The Kier molecular flexibility index (Phi) is 0.999. The average Bonchev–Trinajstić information content (AvgIpc) is 2.75. The van der Waals surface area contributed by atoms with Crippen molar-refractivity contribution in [3.05, 3.63) is 23.8 Å². The normalized spacial score (nSPS) is 60.2. The Morgan fingerprint density at radius 3 is 3.23 bits per heavy atom. The fraction of sp³-hybridized carbons (Fsp3) is 0.636. The molecule has 2 N–H and O–H groups in total. The minimum atomic E-state index is 0.250. The molecule has 2 heteroatoms. The molecule has 2 nitrogen and oxygen atoms in total. The van der Waals surface area contributed by atoms with E-state index in [0.29, 0.717) is 18.1 Å². The maximum absolute atomic E-state index is 6.10. The van der Waals surface area contributed by atoms with E-state index < -0.39 is 0 Å². The maximum Gasteiger partial charge on any atom is 0.0910 e. The van der Waals surface area contributed by atoms with Gasteiger partial charge in [-0.15, -0.1) is 0 Å². The van der Waals surface area contributed by atoms with E-state index >= 15 is 0 Å². The highest BCUT2D eigenvalue weighted by atomic mass is 16.6. The number of hydrogen-bond donors (Lipinski definition) is 1. The largest absolute Gasteiger partial charge is 0.369 e. The summed E-state index contributed by atoms with van der Waals surface area (Å²) in [6, 6.07) is 0.250. The van der Waals surface area contributed by atoms with Crippen LogP contribution in [-0.2, 0) is 4.74 Å². The van der Waals surface area contributed by atoms with E-state index in [1.165, 1.54) is 6.42 Å². The average molecular weight is 175 g/mol. The molecule has 3 aliphatic carbocycles. The number of fused-ring (bicyclic) bond motifs is 8. The summed E-state index contributed by atoms with van der Waals surface area (Å²) in [7, 11) is 0. The van der Waals surface area contributed by atoms with Crippen molar-refractivity contribution >= 4 is 0 Å². The molecular formula is C11H13NO. The van der Waals surface area contributed by atoms with E-state index in [0.717, 1.165) is 11.8 Å². The molecule has 4 rings (SSSR count). The van der Waals surface area contributed by atoms with Gasteiger partial charge in [0.1, 0.15) is 0 Å². The molecule has 3 fully saturated rings. The van der Waals surface area contributed by atoms with Gasteiger partial charge in [0.05, 0.1) is 12.2 Å². The first-order valence-corrected chi connectivity index (χ1v) is 5.15. The molecule has 2 bridgehead atoms. The molecule has 1 aliphatic heterocycles. The van der Waals surface area contributed by atoms with Crippen LogP contribution in [0.4, 0.5) is 0 Å². The Bertz CT molecular complexity index is 333. The molecule has 1 heterocycles. The number of nitrogens with two attached hydrogens (primary N) is 1. The maximum atomic E-state index is 6.10. The molecule has 0 aromatic heterocycles. The predicted octanol–water partition coefficient (Wildman–Crippen LogP) is 0.843. The first-order valence-electron chi connectivity index (χ1n) is 5.15. The lowest BCUT2D eigenvalue weighted by atomic mass is 9.77. The van der Waals surface area contributed by atoms with Crippen LogP contribution in [0.5, 0.6) is 0 Å². The summed E-state index contributed by atoms with van der Waals surface area (Å²) in [6.07, 6.45) is 9.01. The molecule has 68 valence electrons. The van der Waals surface area contributed by atoms with Crippen LogP contribution in [0.15, 0.2) is 23.8 Å². The van der Waals surface area contributed by atoms with Crippen molar-refractivity contribution < 1.29 is 4.74 Å². The summed E-state index contributed by atoms with van der Waals surface area (Å²) in [6.45, 7) is 0. The highest BCUT2D eigenvalue weighted by Crippen LogP contribution is 2.62. The third-order valence-electron chi connectivity index (χ3n) is 4.22. The third kappa shape index (κ3) is 0.649. The number of ether oxygens (including phenoxy) is 1. The van der Waals surface area contributed by atoms with Gasteiger partial charge in [0.25, 0.3) is 0 Å². The number of rotatable bonds is 0. The van der Waals surface area contributed by atoms with Crippen molar-refractivity contribution in [2.24, 2.45) is 23.5 Å². The van der Waals surface area contributed by atoms with Crippen molar-refractivity contribution in [1.82, 2.24) is 0 Å². The minimum absolute atomic E-state index is 0.250. The van der Waals surface area contributed by atoms with Gasteiger partial charge in [0.15, 0.2) is 0 Å². The van der Waals surface area contributed by atoms with E-state index in [-0.39, 0.29) is 6.04 Å². The minimum Gasteiger partial charge on any atom is -0.369 e. The zero-order valence-electron chi connectivity index (χ0n) is 7.39. The monoisotopic (exact) mass is 175 g/mol. The van der Waals surface area contributed by atoms with E-state index in [2.05, 4.69) is 18.2 Å². The van der Waals surface area contributed by atoms with Gasteiger partial charge in [-0.25, -0.2) is 0 Å². The summed E-state index contributed by atoms with van der Waals surface area (Å²) in [5, 5.41) is 0. The van der Waals surface area contributed by atoms with E-state index in [9.17, 15) is 0 Å². The molecule has 6 unspecified atom stereocenters. The lowest BCUT2D eigenvalue weighted by Gasteiger charge is -2.28. The van der Waals surface area contributed by atoms with Crippen molar-refractivity contribution in [2.75, 3.05) is 0 Å². The van der Waals surface area contributed by atoms with Gasteiger partial charge in [-0.1, -0.05) is 23.8 Å². The number of hydrogen-bond acceptors (Lipinski definition) is 2. The van der Waals surface area contributed by atoms with Crippen LogP contribution in [-0.4, -0.2) is 18.2 Å². The Labute approximate surface area is 77.4 Å². The molecule has 0 aromatic rings. The molecule has 1 saturated heterocycles. The number of epoxide rings is 1. The second kappa shape index (κ2) is 1.91. The van der Waals surface area contributed by atoms with Crippen LogP contribution < -0.4 is 5.73 Å². The van der Waals surface area contributed by atoms with Crippen LogP contribution in [0, 0.1) is 17.8 Å². The fourth-order valence-electron chi connectivity index (χ4n) is 3.69. The molecular weight excluding hydrogens is 162 g/mol. The highest BCUT2D eigenvalue weighted by molar-refractivity contribution is 5.38. The standard InChI is InChI=1S/C11H13NO/c12-8-3-1-2-5-6-4-7(9(5)8)11-10(6)13-11/h1-3,6-11H,4,12H2. The van der Waals surface area contributed by atoms with Crippen molar-refractivity contribution in [3.63, 3.8) is 0 Å². The summed E-state index contributed by atoms with van der Waals surface area (Å²) < 4.78 is 5.66. The van der Waals surface area contributed by atoms with Crippen LogP contribution in [0.1, 0.15) is 6.42 Å². The Hall–Kier alpha value is -0.600. The highest BCUT2D eigenvalue weighted by Gasteiger charge is 2.66. The second-order valence-corrected chi connectivity index (χ2v) is 4.73. The Balaban J connectivity index is 1.83. The van der Waals surface area contributed by atoms with E-state index in [1.807, 2.05) is 0 Å². The van der Waals surface area contributed by atoms with Gasteiger partial charge in [0, 0.05) is 17.9 Å². The molecule has 13 heavy (non-hydrogen) atoms. The lowest BCUT2D eigenvalue weighted by molar-refractivity contribution is 0.245. The molecule has 0 spiro atoms. The first kappa shape index (κ1) is 6.80. The van der Waals surface area contributed by atoms with Crippen molar-refractivity contribution in [3.8, 4) is 0 Å². The fourth-order valence-corrected chi connectivity index (χ4v) is 3.69. The smallest absolute Gasteiger partial charge is 0.0910 e. The van der Waals surface area contributed by atoms with Crippen molar-refractivity contribution in [1.29, 1.82) is 0 Å². The first-order chi connectivity index (χ1) is 6.36. The summed E-state index contributed by atoms with van der Waals surface area (Å²) >= 11 is 0. The predicted molar refractivity (Wildman–Crippen MR) is 48.9 cm³/mol. The second-order valence-electron chi connectivity index (χ2n) is 4.73. The van der Waals surface area contributed by atoms with Gasteiger partial charge in [0.2, 0.25) is 0 Å². The third-order valence-corrected chi connectivity index (χ3v) is 4.22. The van der Waals surface area contributed by atoms with Crippen LogP contribution >= 0.6 is 0 Å². The van der Waals surface area contributed by atoms with Gasteiger partial charge in [-0.2, -0.15) is 0 Å². The van der Waals surface area contributed by atoms with Gasteiger partial charge >= 0.3 is 0 Å².